The molecule has 0 aliphatic carbocycles. The largest absolute Gasteiger partial charge is 0.463 e. The maximum Gasteiger partial charge on any atom is 0.296 e. The standard InChI is InChI=1S/C5H3F2O/c6-5(7)4-2-1-3-8-4/h1,3,5H. The summed E-state index contributed by atoms with van der Waals surface area (Å²) in [6.45, 7) is 0. The van der Waals surface area contributed by atoms with Gasteiger partial charge < -0.3 is 4.42 Å². The van der Waals surface area contributed by atoms with E-state index in [4.69, 9.17) is 0 Å². The van der Waals surface area contributed by atoms with Crippen molar-refractivity contribution in [3.63, 3.8) is 0 Å². The van der Waals surface area contributed by atoms with Crippen molar-refractivity contribution >= 4 is 0 Å². The van der Waals surface area contributed by atoms with Gasteiger partial charge in [0, 0.05) is 6.07 Å². The molecule has 43 valence electrons. The Labute approximate surface area is 44.9 Å². The number of furan rings is 1. The first-order valence-corrected chi connectivity index (χ1v) is 2.04. The molecule has 0 aliphatic heterocycles. The first-order chi connectivity index (χ1) is 3.80. The molecule has 0 bridgehead atoms. The molecule has 0 amide bonds. The molecular weight excluding hydrogens is 114 g/mol. The van der Waals surface area contributed by atoms with E-state index in [1.165, 1.54) is 12.3 Å². The third-order valence-corrected chi connectivity index (χ3v) is 0.687. The normalized spacial score (nSPS) is 10.4. The van der Waals surface area contributed by atoms with Gasteiger partial charge >= 0.3 is 0 Å². The van der Waals surface area contributed by atoms with Gasteiger partial charge in [0.05, 0.1) is 6.26 Å². The van der Waals surface area contributed by atoms with Gasteiger partial charge in [-0.1, -0.05) is 0 Å². The topological polar surface area (TPSA) is 13.1 Å². The average Bonchev–Trinajstić information content (AvgIpc) is 2.12. The molecule has 0 spiro atoms. The van der Waals surface area contributed by atoms with E-state index in [0.29, 0.717) is 0 Å². The molecule has 1 rings (SSSR count). The summed E-state index contributed by atoms with van der Waals surface area (Å²) in [5.74, 6) is -0.398. The van der Waals surface area contributed by atoms with Crippen LogP contribution < -0.4 is 0 Å². The Bertz CT molecular complexity index is 145. The molecular formula is C5H3F2O. The van der Waals surface area contributed by atoms with Crippen molar-refractivity contribution in [3.05, 3.63) is 24.2 Å². The minimum atomic E-state index is -2.54. The summed E-state index contributed by atoms with van der Waals surface area (Å²) in [5.41, 5.74) is 0. The van der Waals surface area contributed by atoms with Crippen LogP contribution in [-0.4, -0.2) is 0 Å². The number of hydrogen-bond acceptors (Lipinski definition) is 1. The van der Waals surface area contributed by atoms with E-state index < -0.39 is 12.2 Å². The molecule has 3 heteroatoms. The smallest absolute Gasteiger partial charge is 0.296 e. The van der Waals surface area contributed by atoms with Gasteiger partial charge in [-0.25, -0.2) is 8.78 Å². The van der Waals surface area contributed by atoms with Crippen LogP contribution in [0.15, 0.2) is 16.7 Å². The Morgan fingerprint density at radius 2 is 2.38 bits per heavy atom. The zero-order chi connectivity index (χ0) is 5.98. The molecule has 0 atom stereocenters. The number of alkyl halides is 2. The Morgan fingerprint density at radius 1 is 1.62 bits per heavy atom. The van der Waals surface area contributed by atoms with Gasteiger partial charge in [0.2, 0.25) is 0 Å². The summed E-state index contributed by atoms with van der Waals surface area (Å²) in [5, 5.41) is 0. The molecule has 1 aromatic rings. The van der Waals surface area contributed by atoms with Crippen LogP contribution in [0, 0.1) is 6.07 Å². The molecule has 1 nitrogen and oxygen atoms in total. The van der Waals surface area contributed by atoms with Crippen LogP contribution in [0.25, 0.3) is 0 Å². The van der Waals surface area contributed by atoms with Crippen LogP contribution in [0.5, 0.6) is 0 Å². The Hall–Kier alpha value is -0.860. The van der Waals surface area contributed by atoms with Gasteiger partial charge in [-0.2, -0.15) is 0 Å². The second kappa shape index (κ2) is 1.94. The van der Waals surface area contributed by atoms with Crippen molar-refractivity contribution in [2.75, 3.05) is 0 Å². The van der Waals surface area contributed by atoms with Crippen LogP contribution in [0.4, 0.5) is 8.78 Å². The number of rotatable bonds is 1. The quantitative estimate of drug-likeness (QED) is 0.548. The molecule has 1 radical (unpaired) electrons. The van der Waals surface area contributed by atoms with E-state index in [0.717, 1.165) is 0 Å². The first-order valence-electron chi connectivity index (χ1n) is 2.04. The summed E-state index contributed by atoms with van der Waals surface area (Å²) in [7, 11) is 0. The fraction of sp³-hybridized carbons (Fsp3) is 0.200. The Morgan fingerprint density at radius 3 is 2.62 bits per heavy atom. The SMILES string of the molecule is FC(F)c1[c]cco1. The average molecular weight is 117 g/mol. The lowest BCUT2D eigenvalue weighted by Crippen LogP contribution is -1.75. The van der Waals surface area contributed by atoms with Crippen molar-refractivity contribution in [1.29, 1.82) is 0 Å². The summed E-state index contributed by atoms with van der Waals surface area (Å²) in [6.07, 6.45) is -1.37. The molecule has 1 aromatic heterocycles. The number of halogens is 2. The minimum Gasteiger partial charge on any atom is -0.463 e. The highest BCUT2D eigenvalue weighted by Crippen LogP contribution is 2.16. The van der Waals surface area contributed by atoms with Gasteiger partial charge in [0.1, 0.15) is 0 Å². The maximum absolute atomic E-state index is 11.5. The van der Waals surface area contributed by atoms with Gasteiger partial charge in [0.15, 0.2) is 5.76 Å². The van der Waals surface area contributed by atoms with E-state index in [-0.39, 0.29) is 0 Å². The molecule has 0 N–H and O–H groups in total. The third kappa shape index (κ3) is 0.857. The summed E-state index contributed by atoms with van der Waals surface area (Å²) in [6, 6.07) is 3.53. The fourth-order valence-electron chi connectivity index (χ4n) is 0.372. The zero-order valence-corrected chi connectivity index (χ0v) is 3.90. The highest BCUT2D eigenvalue weighted by Gasteiger charge is 2.08. The van der Waals surface area contributed by atoms with Gasteiger partial charge in [-0.15, -0.1) is 0 Å². The lowest BCUT2D eigenvalue weighted by Gasteiger charge is -1.86. The monoisotopic (exact) mass is 117 g/mol. The van der Waals surface area contributed by atoms with Crippen LogP contribution in [0.3, 0.4) is 0 Å². The van der Waals surface area contributed by atoms with Crippen molar-refractivity contribution in [1.82, 2.24) is 0 Å². The van der Waals surface area contributed by atoms with Gasteiger partial charge in [0.25, 0.3) is 6.43 Å². The fourth-order valence-corrected chi connectivity index (χ4v) is 0.372. The lowest BCUT2D eigenvalue weighted by molar-refractivity contribution is 0.121. The zero-order valence-electron chi connectivity index (χ0n) is 3.90. The van der Waals surface area contributed by atoms with Crippen LogP contribution in [0.2, 0.25) is 0 Å². The molecule has 0 saturated heterocycles. The molecule has 1 heterocycles. The van der Waals surface area contributed by atoms with Crippen LogP contribution in [-0.2, 0) is 0 Å². The molecule has 0 unspecified atom stereocenters. The third-order valence-electron chi connectivity index (χ3n) is 0.687. The van der Waals surface area contributed by atoms with Crippen LogP contribution in [0.1, 0.15) is 12.2 Å². The van der Waals surface area contributed by atoms with Crippen LogP contribution >= 0.6 is 0 Å². The van der Waals surface area contributed by atoms with E-state index in [9.17, 15) is 8.78 Å². The minimum absolute atomic E-state index is 0.398. The highest BCUT2D eigenvalue weighted by atomic mass is 19.3. The maximum atomic E-state index is 11.5. The Balaban J connectivity index is 2.77. The Kier molecular flexibility index (Phi) is 1.28. The predicted octanol–water partition coefficient (Wildman–Crippen LogP) is 2.02. The molecule has 0 saturated carbocycles. The van der Waals surface area contributed by atoms with E-state index in [2.05, 4.69) is 10.5 Å². The van der Waals surface area contributed by atoms with Crippen molar-refractivity contribution < 1.29 is 13.2 Å². The van der Waals surface area contributed by atoms with E-state index >= 15 is 0 Å². The van der Waals surface area contributed by atoms with Crippen molar-refractivity contribution in [2.24, 2.45) is 0 Å². The summed E-state index contributed by atoms with van der Waals surface area (Å²) >= 11 is 0. The van der Waals surface area contributed by atoms with Crippen molar-refractivity contribution in [2.45, 2.75) is 6.43 Å². The van der Waals surface area contributed by atoms with E-state index in [1.54, 1.807) is 0 Å². The van der Waals surface area contributed by atoms with Gasteiger partial charge in [-0.3, -0.25) is 0 Å². The molecule has 0 aromatic carbocycles. The molecule has 8 heavy (non-hydrogen) atoms. The van der Waals surface area contributed by atoms with Crippen molar-refractivity contribution in [3.8, 4) is 0 Å². The second-order valence-corrected chi connectivity index (χ2v) is 1.23. The summed E-state index contributed by atoms with van der Waals surface area (Å²) < 4.78 is 27.2. The van der Waals surface area contributed by atoms with E-state index in [1.807, 2.05) is 0 Å². The van der Waals surface area contributed by atoms with Gasteiger partial charge in [-0.05, 0) is 6.07 Å². The molecule has 0 fully saturated rings. The molecule has 0 aliphatic rings. The summed E-state index contributed by atoms with van der Waals surface area (Å²) in [4.78, 5) is 0. The second-order valence-electron chi connectivity index (χ2n) is 1.23. The lowest BCUT2D eigenvalue weighted by atomic mass is 10.5. The highest BCUT2D eigenvalue weighted by molar-refractivity contribution is 4.96. The first kappa shape index (κ1) is 5.28. The predicted molar refractivity (Wildman–Crippen MR) is 22.5 cm³/mol. The number of hydrogen-bond donors (Lipinski definition) is 0.